The SMILES string of the molecule is O=C1OC[C@H]2N1C21CCCC1. The maximum atomic E-state index is 11.1. The van der Waals surface area contributed by atoms with Gasteiger partial charge < -0.3 is 4.74 Å². The molecular formula is C8H11NO2. The number of hydrogen-bond acceptors (Lipinski definition) is 2. The van der Waals surface area contributed by atoms with Gasteiger partial charge in [-0.25, -0.2) is 4.79 Å². The quantitative estimate of drug-likeness (QED) is 0.488. The van der Waals surface area contributed by atoms with Gasteiger partial charge in [0.1, 0.15) is 6.61 Å². The lowest BCUT2D eigenvalue weighted by atomic mass is 10.0. The Morgan fingerprint density at radius 2 is 2.18 bits per heavy atom. The maximum Gasteiger partial charge on any atom is 0.410 e. The Morgan fingerprint density at radius 1 is 1.45 bits per heavy atom. The highest BCUT2D eigenvalue weighted by Gasteiger charge is 2.69. The molecule has 1 saturated carbocycles. The van der Waals surface area contributed by atoms with Crippen molar-refractivity contribution in [1.29, 1.82) is 0 Å². The van der Waals surface area contributed by atoms with Gasteiger partial charge >= 0.3 is 6.09 Å². The summed E-state index contributed by atoms with van der Waals surface area (Å²) >= 11 is 0. The van der Waals surface area contributed by atoms with Crippen molar-refractivity contribution in [2.75, 3.05) is 6.61 Å². The average Bonchev–Trinajstić information content (AvgIpc) is 2.30. The molecule has 60 valence electrons. The molecule has 3 fully saturated rings. The molecule has 0 N–H and O–H groups in total. The van der Waals surface area contributed by atoms with Crippen molar-refractivity contribution in [3.63, 3.8) is 0 Å². The number of amides is 1. The van der Waals surface area contributed by atoms with Crippen LogP contribution >= 0.6 is 0 Å². The van der Waals surface area contributed by atoms with E-state index in [1.165, 1.54) is 25.7 Å². The van der Waals surface area contributed by atoms with Crippen LogP contribution in [-0.2, 0) is 4.74 Å². The van der Waals surface area contributed by atoms with Crippen molar-refractivity contribution >= 4 is 6.09 Å². The van der Waals surface area contributed by atoms with Crippen LogP contribution in [0.3, 0.4) is 0 Å². The Morgan fingerprint density at radius 3 is 2.73 bits per heavy atom. The smallest absolute Gasteiger partial charge is 0.410 e. The van der Waals surface area contributed by atoms with Crippen molar-refractivity contribution in [3.8, 4) is 0 Å². The van der Waals surface area contributed by atoms with Gasteiger partial charge in [0.2, 0.25) is 0 Å². The minimum absolute atomic E-state index is 0.0723. The fourth-order valence-corrected chi connectivity index (χ4v) is 2.76. The van der Waals surface area contributed by atoms with E-state index in [9.17, 15) is 4.79 Å². The third-order valence-electron chi connectivity index (χ3n) is 3.37. The summed E-state index contributed by atoms with van der Waals surface area (Å²) in [6.45, 7) is 0.652. The van der Waals surface area contributed by atoms with Gasteiger partial charge in [0.15, 0.2) is 0 Å². The number of nitrogens with zero attached hydrogens (tertiary/aromatic N) is 1. The summed E-state index contributed by atoms with van der Waals surface area (Å²) in [4.78, 5) is 13.0. The highest BCUT2D eigenvalue weighted by molar-refractivity contribution is 5.76. The number of fused-ring (bicyclic) bond motifs is 3. The zero-order valence-electron chi connectivity index (χ0n) is 6.38. The van der Waals surface area contributed by atoms with Gasteiger partial charge in [-0.05, 0) is 12.8 Å². The van der Waals surface area contributed by atoms with Crippen molar-refractivity contribution in [3.05, 3.63) is 0 Å². The van der Waals surface area contributed by atoms with E-state index in [1.54, 1.807) is 0 Å². The number of carbonyl (C=O) groups is 1. The monoisotopic (exact) mass is 153 g/mol. The summed E-state index contributed by atoms with van der Waals surface area (Å²) in [5, 5.41) is 0. The molecule has 0 aromatic heterocycles. The summed E-state index contributed by atoms with van der Waals surface area (Å²) in [7, 11) is 0. The zero-order chi connectivity index (χ0) is 7.47. The first-order valence-corrected chi connectivity index (χ1v) is 4.31. The molecule has 3 heteroatoms. The van der Waals surface area contributed by atoms with Crippen molar-refractivity contribution in [1.82, 2.24) is 4.90 Å². The van der Waals surface area contributed by atoms with Crippen LogP contribution in [0.2, 0.25) is 0 Å². The van der Waals surface area contributed by atoms with E-state index in [1.807, 2.05) is 4.90 Å². The first kappa shape index (κ1) is 5.86. The van der Waals surface area contributed by atoms with Gasteiger partial charge in [-0.3, -0.25) is 4.90 Å². The normalized spacial score (nSPS) is 37.6. The number of ether oxygens (including phenoxy) is 1. The molecule has 1 amide bonds. The van der Waals surface area contributed by atoms with Crippen LogP contribution < -0.4 is 0 Å². The van der Waals surface area contributed by atoms with Gasteiger partial charge in [0.25, 0.3) is 0 Å². The summed E-state index contributed by atoms with van der Waals surface area (Å²) in [6, 6.07) is 0.456. The first-order chi connectivity index (χ1) is 5.34. The van der Waals surface area contributed by atoms with Crippen molar-refractivity contribution in [2.24, 2.45) is 0 Å². The van der Waals surface area contributed by atoms with Crippen LogP contribution in [0.4, 0.5) is 4.79 Å². The predicted molar refractivity (Wildman–Crippen MR) is 38.2 cm³/mol. The number of carbonyl (C=O) groups excluding carboxylic acids is 1. The lowest BCUT2D eigenvalue weighted by Crippen LogP contribution is -2.23. The molecule has 3 rings (SSSR count). The second kappa shape index (κ2) is 1.54. The molecule has 0 bridgehead atoms. The Hall–Kier alpha value is -0.730. The van der Waals surface area contributed by atoms with Gasteiger partial charge in [0.05, 0.1) is 11.6 Å². The highest BCUT2D eigenvalue weighted by Crippen LogP contribution is 2.55. The summed E-state index contributed by atoms with van der Waals surface area (Å²) < 4.78 is 4.89. The lowest BCUT2D eigenvalue weighted by molar-refractivity contribution is 0.146. The molecule has 2 saturated heterocycles. The van der Waals surface area contributed by atoms with E-state index < -0.39 is 0 Å². The molecule has 3 nitrogen and oxygen atoms in total. The molecule has 0 radical (unpaired) electrons. The van der Waals surface area contributed by atoms with E-state index >= 15 is 0 Å². The van der Waals surface area contributed by atoms with E-state index in [-0.39, 0.29) is 11.6 Å². The third-order valence-corrected chi connectivity index (χ3v) is 3.37. The topological polar surface area (TPSA) is 29.3 Å². The minimum Gasteiger partial charge on any atom is -0.447 e. The first-order valence-electron chi connectivity index (χ1n) is 4.31. The lowest BCUT2D eigenvalue weighted by Gasteiger charge is -2.10. The third kappa shape index (κ3) is 0.501. The average molecular weight is 153 g/mol. The molecule has 0 unspecified atom stereocenters. The van der Waals surface area contributed by atoms with Gasteiger partial charge in [-0.15, -0.1) is 0 Å². The largest absolute Gasteiger partial charge is 0.447 e. The Labute approximate surface area is 65.3 Å². The van der Waals surface area contributed by atoms with Gasteiger partial charge in [-0.1, -0.05) is 12.8 Å². The molecule has 1 atom stereocenters. The summed E-state index contributed by atoms with van der Waals surface area (Å²) in [6.07, 6.45) is 4.94. The Bertz CT molecular complexity index is 220. The van der Waals surface area contributed by atoms with Crippen LogP contribution in [0.25, 0.3) is 0 Å². The van der Waals surface area contributed by atoms with E-state index in [2.05, 4.69) is 0 Å². The van der Waals surface area contributed by atoms with Gasteiger partial charge in [0, 0.05) is 0 Å². The second-order valence-electron chi connectivity index (χ2n) is 3.77. The summed E-state index contributed by atoms with van der Waals surface area (Å²) in [5.41, 5.74) is 0.287. The Balaban J connectivity index is 1.90. The second-order valence-corrected chi connectivity index (χ2v) is 3.77. The summed E-state index contributed by atoms with van der Waals surface area (Å²) in [5.74, 6) is 0. The minimum atomic E-state index is -0.0723. The molecule has 0 aromatic carbocycles. The maximum absolute atomic E-state index is 11.1. The van der Waals surface area contributed by atoms with Crippen LogP contribution in [0.1, 0.15) is 25.7 Å². The molecule has 2 aliphatic heterocycles. The standard InChI is InChI=1S/C8H11NO2/c10-7-9-6(5-11-7)8(9)3-1-2-4-8/h6H,1-5H2/t6-,9?/m1/s1. The van der Waals surface area contributed by atoms with E-state index in [0.717, 1.165) is 0 Å². The van der Waals surface area contributed by atoms with Crippen molar-refractivity contribution in [2.45, 2.75) is 37.3 Å². The number of hydrogen-bond donors (Lipinski definition) is 0. The number of cyclic esters (lactones) is 1. The number of rotatable bonds is 0. The molecule has 1 spiro atoms. The molecular weight excluding hydrogens is 142 g/mol. The zero-order valence-corrected chi connectivity index (χ0v) is 6.38. The molecule has 1 aliphatic carbocycles. The van der Waals surface area contributed by atoms with Crippen molar-refractivity contribution < 1.29 is 9.53 Å². The van der Waals surface area contributed by atoms with Gasteiger partial charge in [-0.2, -0.15) is 0 Å². The fraction of sp³-hybridized carbons (Fsp3) is 0.875. The molecule has 3 aliphatic rings. The Kier molecular flexibility index (Phi) is 0.822. The van der Waals surface area contributed by atoms with Crippen LogP contribution in [0.15, 0.2) is 0 Å². The fourth-order valence-electron chi connectivity index (χ4n) is 2.76. The molecule has 0 aromatic rings. The van der Waals surface area contributed by atoms with E-state index in [4.69, 9.17) is 4.74 Å². The van der Waals surface area contributed by atoms with Crippen LogP contribution in [-0.4, -0.2) is 29.2 Å². The molecule has 2 heterocycles. The highest BCUT2D eigenvalue weighted by atomic mass is 16.6. The predicted octanol–water partition coefficient (Wildman–Crippen LogP) is 1.13. The van der Waals surface area contributed by atoms with Crippen LogP contribution in [0, 0.1) is 0 Å². The molecule has 11 heavy (non-hydrogen) atoms. The van der Waals surface area contributed by atoms with E-state index in [0.29, 0.717) is 12.6 Å². The van der Waals surface area contributed by atoms with Crippen LogP contribution in [0.5, 0.6) is 0 Å².